The Balaban J connectivity index is 1.65. The maximum absolute atomic E-state index is 14.9. The second-order valence-electron chi connectivity index (χ2n) is 10.0. The molecule has 6 rings (SSSR count). The molecule has 2 aromatic carbocycles. The highest BCUT2D eigenvalue weighted by molar-refractivity contribution is 7.22. The van der Waals surface area contributed by atoms with Gasteiger partial charge in [0.25, 0.3) is 11.2 Å². The van der Waals surface area contributed by atoms with Crippen LogP contribution in [-0.4, -0.2) is 53.0 Å². The number of hydrogen-bond donors (Lipinski definition) is 0. The van der Waals surface area contributed by atoms with Gasteiger partial charge in [0.1, 0.15) is 16.5 Å². The van der Waals surface area contributed by atoms with E-state index in [-0.39, 0.29) is 33.7 Å². The van der Waals surface area contributed by atoms with E-state index in [1.165, 1.54) is 58.3 Å². The van der Waals surface area contributed by atoms with Crippen molar-refractivity contribution in [3.63, 3.8) is 0 Å². The summed E-state index contributed by atoms with van der Waals surface area (Å²) in [7, 11) is 3.61. The second-order valence-corrected chi connectivity index (χ2v) is 11.0. The van der Waals surface area contributed by atoms with E-state index >= 15 is 0 Å². The third-order valence-electron chi connectivity index (χ3n) is 6.88. The summed E-state index contributed by atoms with van der Waals surface area (Å²) in [5.41, 5.74) is -0.685. The zero-order chi connectivity index (χ0) is 31.1. The highest BCUT2D eigenvalue weighted by atomic mass is 32.1. The van der Waals surface area contributed by atoms with E-state index in [0.717, 1.165) is 28.0 Å². The van der Waals surface area contributed by atoms with Crippen molar-refractivity contribution in [1.82, 2.24) is 34.0 Å². The molecule has 0 bridgehead atoms. The summed E-state index contributed by atoms with van der Waals surface area (Å²) in [6, 6.07) is 12.3. The van der Waals surface area contributed by atoms with Crippen molar-refractivity contribution in [3.8, 4) is 21.9 Å². The van der Waals surface area contributed by atoms with E-state index < -0.39 is 34.4 Å². The maximum atomic E-state index is 14.9. The van der Waals surface area contributed by atoms with Gasteiger partial charge in [-0.1, -0.05) is 6.07 Å². The van der Waals surface area contributed by atoms with Gasteiger partial charge in [-0.05, 0) is 61.6 Å². The summed E-state index contributed by atoms with van der Waals surface area (Å²) in [6.45, 7) is -0.242. The summed E-state index contributed by atoms with van der Waals surface area (Å²) < 4.78 is 31.8. The molecule has 0 N–H and O–H groups in total. The fraction of sp³-hybridized carbons (Fsp3) is 0.138. The van der Waals surface area contributed by atoms with Gasteiger partial charge in [0, 0.05) is 29.1 Å². The Kier molecular flexibility index (Phi) is 7.40. The molecule has 0 atom stereocenters. The molecule has 0 unspecified atom stereocenters. The first-order valence-electron chi connectivity index (χ1n) is 13.1. The first-order valence-corrected chi connectivity index (χ1v) is 13.9. The number of aromatic nitrogens is 6. The van der Waals surface area contributed by atoms with Crippen molar-refractivity contribution in [2.24, 2.45) is 0 Å². The average Bonchev–Trinajstić information content (AvgIpc) is 3.66. The van der Waals surface area contributed by atoms with Crippen molar-refractivity contribution in [2.75, 3.05) is 14.1 Å². The van der Waals surface area contributed by atoms with E-state index in [1.807, 2.05) is 4.90 Å². The number of non-ortho nitro benzene ring substituents is 1. The molecule has 0 spiro atoms. The van der Waals surface area contributed by atoms with Gasteiger partial charge in [-0.3, -0.25) is 19.5 Å². The quantitative estimate of drug-likeness (QED) is 0.184. The van der Waals surface area contributed by atoms with Crippen molar-refractivity contribution >= 4 is 27.2 Å². The number of hydrogen-bond acceptors (Lipinski definition) is 9. The lowest BCUT2D eigenvalue weighted by atomic mass is 10.1. The Hall–Kier alpha value is -5.41. The predicted octanol–water partition coefficient (Wildman–Crippen LogP) is 4.15. The molecule has 4 aromatic heterocycles. The van der Waals surface area contributed by atoms with E-state index in [9.17, 15) is 28.5 Å². The number of nitro groups is 1. The second kappa shape index (κ2) is 11.3. The zero-order valence-corrected chi connectivity index (χ0v) is 24.0. The summed E-state index contributed by atoms with van der Waals surface area (Å²) in [5, 5.41) is 19.5. The van der Waals surface area contributed by atoms with E-state index in [1.54, 1.807) is 26.2 Å². The van der Waals surface area contributed by atoms with Crippen molar-refractivity contribution in [2.45, 2.75) is 13.1 Å². The molecule has 0 amide bonds. The van der Waals surface area contributed by atoms with Gasteiger partial charge in [-0.2, -0.15) is 10.2 Å². The highest BCUT2D eigenvalue weighted by Crippen LogP contribution is 2.38. The van der Waals surface area contributed by atoms with Crippen LogP contribution in [0, 0.1) is 21.7 Å². The summed E-state index contributed by atoms with van der Waals surface area (Å²) in [4.78, 5) is 47.2. The van der Waals surface area contributed by atoms with Crippen molar-refractivity contribution in [1.29, 1.82) is 0 Å². The van der Waals surface area contributed by atoms with Crippen molar-refractivity contribution in [3.05, 3.63) is 127 Å². The van der Waals surface area contributed by atoms with Crippen LogP contribution < -0.4 is 11.2 Å². The fourth-order valence-electron chi connectivity index (χ4n) is 4.88. The summed E-state index contributed by atoms with van der Waals surface area (Å²) in [5.74, 6) is -1.35. The van der Waals surface area contributed by atoms with E-state index in [2.05, 4.69) is 15.2 Å². The molecular weight excluding hydrogens is 594 g/mol. The van der Waals surface area contributed by atoms with Gasteiger partial charge in [0.2, 0.25) is 0 Å². The Morgan fingerprint density at radius 2 is 1.64 bits per heavy atom. The van der Waals surface area contributed by atoms with Crippen LogP contribution in [0.5, 0.6) is 0 Å². The molecule has 15 heteroatoms. The monoisotopic (exact) mass is 616 g/mol. The minimum atomic E-state index is -0.846. The fourth-order valence-corrected chi connectivity index (χ4v) is 6.18. The van der Waals surface area contributed by atoms with Crippen LogP contribution in [0.4, 0.5) is 14.5 Å². The molecule has 0 radical (unpaired) electrons. The Bertz CT molecular complexity index is 2120. The molecule has 44 heavy (non-hydrogen) atoms. The Morgan fingerprint density at radius 1 is 0.955 bits per heavy atom. The number of halogens is 2. The zero-order valence-electron chi connectivity index (χ0n) is 23.2. The van der Waals surface area contributed by atoms with Gasteiger partial charge in [0.15, 0.2) is 5.82 Å². The summed E-state index contributed by atoms with van der Waals surface area (Å²) in [6.07, 6.45) is 4.26. The molecule has 0 aliphatic heterocycles. The lowest BCUT2D eigenvalue weighted by molar-refractivity contribution is -0.384. The molecule has 0 saturated carbocycles. The number of nitro benzene ring substituents is 1. The number of thiophene rings is 1. The lowest BCUT2D eigenvalue weighted by Crippen LogP contribution is -2.39. The van der Waals surface area contributed by atoms with Gasteiger partial charge >= 0.3 is 5.69 Å². The Morgan fingerprint density at radius 3 is 2.23 bits per heavy atom. The van der Waals surface area contributed by atoms with Crippen LogP contribution in [0.2, 0.25) is 0 Å². The van der Waals surface area contributed by atoms with Gasteiger partial charge in [0.05, 0.1) is 41.1 Å². The third-order valence-corrected chi connectivity index (χ3v) is 8.18. The Labute approximate surface area is 250 Å². The number of benzene rings is 2. The van der Waals surface area contributed by atoms with Crippen LogP contribution in [0.1, 0.15) is 11.1 Å². The first kappa shape index (κ1) is 28.7. The van der Waals surface area contributed by atoms with Crippen LogP contribution in [0.25, 0.3) is 32.2 Å². The lowest BCUT2D eigenvalue weighted by Gasteiger charge is -2.15. The standard InChI is InChI=1S/C29H22F2N8O4S/c1-35(2)15-21-25-27(40)37(19-10-11-24(32-14-19)38-33-12-13-34-38)29(41)36(16-20-22(30)4-3-5-23(20)31)28(25)44-26(21)17-6-8-18(9-7-17)39(42)43/h3-14H,15-16H2,1-2H3. The van der Waals surface area contributed by atoms with Crippen molar-refractivity contribution < 1.29 is 13.7 Å². The molecule has 0 fully saturated rings. The van der Waals surface area contributed by atoms with Crippen LogP contribution >= 0.6 is 11.3 Å². The number of fused-ring (bicyclic) bond motifs is 1. The normalized spacial score (nSPS) is 11.5. The first-order chi connectivity index (χ1) is 21.1. The molecule has 0 aliphatic carbocycles. The summed E-state index contributed by atoms with van der Waals surface area (Å²) >= 11 is 1.10. The number of nitrogens with zero attached hydrogens (tertiary/aromatic N) is 8. The molecule has 6 aromatic rings. The van der Waals surface area contributed by atoms with Gasteiger partial charge in [-0.15, -0.1) is 16.1 Å². The molecule has 0 aliphatic rings. The van der Waals surface area contributed by atoms with Crippen LogP contribution in [0.15, 0.2) is 82.8 Å². The highest BCUT2D eigenvalue weighted by Gasteiger charge is 2.25. The molecule has 4 heterocycles. The third kappa shape index (κ3) is 5.07. The number of rotatable bonds is 8. The SMILES string of the molecule is CN(C)Cc1c(-c2ccc([N+](=O)[O-])cc2)sc2c1c(=O)n(-c1ccc(-n3nccn3)nc1)c(=O)n2Cc1c(F)cccc1F. The molecule has 0 saturated heterocycles. The van der Waals surface area contributed by atoms with Crippen LogP contribution in [0.3, 0.4) is 0 Å². The predicted molar refractivity (Wildman–Crippen MR) is 159 cm³/mol. The smallest absolute Gasteiger partial charge is 0.305 e. The minimum Gasteiger partial charge on any atom is -0.305 e. The minimum absolute atomic E-state index is 0.112. The maximum Gasteiger partial charge on any atom is 0.337 e. The molecular formula is C29H22F2N8O4S. The average molecular weight is 617 g/mol. The van der Waals surface area contributed by atoms with Crippen LogP contribution in [-0.2, 0) is 13.1 Å². The largest absolute Gasteiger partial charge is 0.337 e. The molecule has 12 nitrogen and oxygen atoms in total. The molecule has 222 valence electrons. The van der Waals surface area contributed by atoms with Gasteiger partial charge in [-0.25, -0.2) is 23.1 Å². The van der Waals surface area contributed by atoms with Gasteiger partial charge < -0.3 is 4.90 Å². The number of pyridine rings is 1. The topological polar surface area (TPSA) is 134 Å². The van der Waals surface area contributed by atoms with E-state index in [0.29, 0.717) is 21.8 Å². The van der Waals surface area contributed by atoms with E-state index in [4.69, 9.17) is 0 Å².